The SMILES string of the molecule is CCOC(=O)c1oc2c(F)ccc(OCCCNCc3cccnc3)c2c1C. The number of ether oxygens (including phenoxy) is 2. The molecule has 28 heavy (non-hydrogen) atoms. The summed E-state index contributed by atoms with van der Waals surface area (Å²) in [4.78, 5) is 16.1. The topological polar surface area (TPSA) is 73.6 Å². The summed E-state index contributed by atoms with van der Waals surface area (Å²) < 4.78 is 30.4. The molecular weight excluding hydrogens is 363 g/mol. The van der Waals surface area contributed by atoms with E-state index in [0.29, 0.717) is 23.3 Å². The standard InChI is InChI=1S/C21H23FN2O4/c1-3-26-21(25)19-14(2)18-17(8-7-16(22)20(18)28-19)27-11-5-10-24-13-15-6-4-9-23-12-15/h4,6-9,12,24H,3,5,10-11,13H2,1-2H3. The molecule has 0 bridgehead atoms. The van der Waals surface area contributed by atoms with Crippen LogP contribution in [0.1, 0.15) is 35.0 Å². The Morgan fingerprint density at radius 3 is 2.93 bits per heavy atom. The summed E-state index contributed by atoms with van der Waals surface area (Å²) >= 11 is 0. The number of pyridine rings is 1. The van der Waals surface area contributed by atoms with Crippen molar-refractivity contribution in [3.05, 3.63) is 59.4 Å². The summed E-state index contributed by atoms with van der Waals surface area (Å²) in [5, 5.41) is 3.78. The van der Waals surface area contributed by atoms with Crippen molar-refractivity contribution in [2.24, 2.45) is 0 Å². The third-order valence-corrected chi connectivity index (χ3v) is 4.26. The number of nitrogens with zero attached hydrogens (tertiary/aromatic N) is 1. The molecule has 0 radical (unpaired) electrons. The molecule has 0 aliphatic carbocycles. The summed E-state index contributed by atoms with van der Waals surface area (Å²) in [6, 6.07) is 6.74. The second-order valence-electron chi connectivity index (χ2n) is 6.27. The van der Waals surface area contributed by atoms with Gasteiger partial charge in [-0.05, 0) is 50.6 Å². The van der Waals surface area contributed by atoms with Gasteiger partial charge in [0.1, 0.15) is 5.75 Å². The lowest BCUT2D eigenvalue weighted by molar-refractivity contribution is 0.0491. The summed E-state index contributed by atoms with van der Waals surface area (Å²) in [5.41, 5.74) is 1.63. The Morgan fingerprint density at radius 1 is 1.32 bits per heavy atom. The fraction of sp³-hybridized carbons (Fsp3) is 0.333. The zero-order chi connectivity index (χ0) is 19.9. The van der Waals surface area contributed by atoms with Crippen LogP contribution >= 0.6 is 0 Å². The number of carbonyl (C=O) groups excluding carboxylic acids is 1. The molecule has 2 heterocycles. The van der Waals surface area contributed by atoms with Crippen molar-refractivity contribution in [3.63, 3.8) is 0 Å². The molecule has 0 saturated carbocycles. The summed E-state index contributed by atoms with van der Waals surface area (Å²) in [7, 11) is 0. The van der Waals surface area contributed by atoms with Crippen LogP contribution in [0.2, 0.25) is 0 Å². The van der Waals surface area contributed by atoms with E-state index in [9.17, 15) is 9.18 Å². The van der Waals surface area contributed by atoms with Gasteiger partial charge in [-0.1, -0.05) is 6.07 Å². The Labute approximate surface area is 162 Å². The highest BCUT2D eigenvalue weighted by Crippen LogP contribution is 2.35. The Morgan fingerprint density at radius 2 is 2.18 bits per heavy atom. The smallest absolute Gasteiger partial charge is 0.374 e. The average molecular weight is 386 g/mol. The predicted molar refractivity (Wildman–Crippen MR) is 103 cm³/mol. The van der Waals surface area contributed by atoms with E-state index < -0.39 is 11.8 Å². The van der Waals surface area contributed by atoms with Gasteiger partial charge in [-0.15, -0.1) is 0 Å². The van der Waals surface area contributed by atoms with Gasteiger partial charge in [0.15, 0.2) is 11.4 Å². The predicted octanol–water partition coefficient (Wildman–Crippen LogP) is 4.01. The van der Waals surface area contributed by atoms with Gasteiger partial charge in [0.05, 0.1) is 18.6 Å². The molecular formula is C21H23FN2O4. The lowest BCUT2D eigenvalue weighted by atomic mass is 10.1. The first-order valence-electron chi connectivity index (χ1n) is 9.23. The Hall–Kier alpha value is -2.93. The molecule has 0 unspecified atom stereocenters. The van der Waals surface area contributed by atoms with Gasteiger partial charge in [0.25, 0.3) is 0 Å². The molecule has 0 saturated heterocycles. The highest BCUT2D eigenvalue weighted by molar-refractivity contribution is 5.98. The van der Waals surface area contributed by atoms with Crippen LogP contribution in [0, 0.1) is 12.7 Å². The van der Waals surface area contributed by atoms with Gasteiger partial charge >= 0.3 is 5.97 Å². The van der Waals surface area contributed by atoms with E-state index in [4.69, 9.17) is 13.9 Å². The molecule has 3 aromatic rings. The molecule has 1 N–H and O–H groups in total. The molecule has 148 valence electrons. The number of aromatic nitrogens is 1. The number of rotatable bonds is 9. The van der Waals surface area contributed by atoms with Crippen molar-refractivity contribution >= 4 is 16.9 Å². The fourth-order valence-electron chi connectivity index (χ4n) is 2.91. The number of hydrogen-bond donors (Lipinski definition) is 1. The third-order valence-electron chi connectivity index (χ3n) is 4.26. The number of aryl methyl sites for hydroxylation is 1. The van der Waals surface area contributed by atoms with E-state index in [1.165, 1.54) is 6.07 Å². The molecule has 0 fully saturated rings. The highest BCUT2D eigenvalue weighted by Gasteiger charge is 2.23. The number of hydrogen-bond acceptors (Lipinski definition) is 6. The third kappa shape index (κ3) is 4.48. The molecule has 1 aromatic carbocycles. The first kappa shape index (κ1) is 19.8. The number of benzene rings is 1. The van der Waals surface area contributed by atoms with E-state index in [2.05, 4.69) is 10.3 Å². The van der Waals surface area contributed by atoms with Crippen LogP contribution in [-0.2, 0) is 11.3 Å². The van der Waals surface area contributed by atoms with E-state index in [0.717, 1.165) is 25.1 Å². The molecule has 0 atom stereocenters. The second-order valence-corrected chi connectivity index (χ2v) is 6.27. The minimum atomic E-state index is -0.610. The highest BCUT2D eigenvalue weighted by atomic mass is 19.1. The van der Waals surface area contributed by atoms with Crippen molar-refractivity contribution < 1.29 is 23.1 Å². The number of carbonyl (C=O) groups is 1. The fourth-order valence-corrected chi connectivity index (χ4v) is 2.91. The zero-order valence-electron chi connectivity index (χ0n) is 16.0. The average Bonchev–Trinajstić information content (AvgIpc) is 3.06. The summed E-state index contributed by atoms with van der Waals surface area (Å²) in [5.74, 6) is -0.661. The van der Waals surface area contributed by atoms with Gasteiger partial charge < -0.3 is 19.2 Å². The number of esters is 1. The first-order valence-corrected chi connectivity index (χ1v) is 9.23. The first-order chi connectivity index (χ1) is 13.6. The summed E-state index contributed by atoms with van der Waals surface area (Å²) in [6.07, 6.45) is 4.33. The van der Waals surface area contributed by atoms with Gasteiger partial charge in [0.2, 0.25) is 5.76 Å². The zero-order valence-corrected chi connectivity index (χ0v) is 16.0. The number of fused-ring (bicyclic) bond motifs is 1. The van der Waals surface area contributed by atoms with Gasteiger partial charge in [-0.25, -0.2) is 9.18 Å². The van der Waals surface area contributed by atoms with E-state index >= 15 is 0 Å². The van der Waals surface area contributed by atoms with Crippen molar-refractivity contribution in [2.45, 2.75) is 26.8 Å². The lowest BCUT2D eigenvalue weighted by Gasteiger charge is -2.09. The second kappa shape index (κ2) is 9.32. The Kier molecular flexibility index (Phi) is 6.60. The molecule has 7 heteroatoms. The van der Waals surface area contributed by atoms with Crippen LogP contribution in [0.25, 0.3) is 11.0 Å². The van der Waals surface area contributed by atoms with Crippen molar-refractivity contribution in [1.82, 2.24) is 10.3 Å². The van der Waals surface area contributed by atoms with Crippen molar-refractivity contribution in [1.29, 1.82) is 0 Å². The number of furan rings is 1. The van der Waals surface area contributed by atoms with E-state index in [1.54, 1.807) is 26.1 Å². The van der Waals surface area contributed by atoms with Crippen molar-refractivity contribution in [2.75, 3.05) is 19.8 Å². The maximum Gasteiger partial charge on any atom is 0.374 e. The van der Waals surface area contributed by atoms with E-state index in [-0.39, 0.29) is 18.0 Å². The largest absolute Gasteiger partial charge is 0.493 e. The minimum Gasteiger partial charge on any atom is -0.493 e. The molecule has 6 nitrogen and oxygen atoms in total. The van der Waals surface area contributed by atoms with Crippen molar-refractivity contribution in [3.8, 4) is 5.75 Å². The quantitative estimate of drug-likeness (QED) is 0.442. The van der Waals surface area contributed by atoms with E-state index in [1.807, 2.05) is 18.3 Å². The van der Waals surface area contributed by atoms with Crippen LogP contribution in [-0.4, -0.2) is 30.7 Å². The molecule has 0 spiro atoms. The molecule has 2 aromatic heterocycles. The number of halogens is 1. The molecule has 3 rings (SSSR count). The normalized spacial score (nSPS) is 11.0. The molecule has 0 aliphatic heterocycles. The maximum absolute atomic E-state index is 14.1. The van der Waals surface area contributed by atoms with Crippen LogP contribution in [0.15, 0.2) is 41.1 Å². The van der Waals surface area contributed by atoms with Gasteiger partial charge in [0, 0.05) is 24.5 Å². The monoisotopic (exact) mass is 386 g/mol. The lowest BCUT2D eigenvalue weighted by Crippen LogP contribution is -2.17. The van der Waals surface area contributed by atoms with Crippen LogP contribution in [0.3, 0.4) is 0 Å². The Bertz CT molecular complexity index is 940. The molecule has 0 amide bonds. The molecule has 0 aliphatic rings. The number of nitrogens with one attached hydrogen (secondary N) is 1. The van der Waals surface area contributed by atoms with Crippen LogP contribution in [0.5, 0.6) is 5.75 Å². The van der Waals surface area contributed by atoms with Gasteiger partial charge in [-0.3, -0.25) is 4.98 Å². The minimum absolute atomic E-state index is 0.00457. The summed E-state index contributed by atoms with van der Waals surface area (Å²) in [6.45, 7) is 5.55. The van der Waals surface area contributed by atoms with Crippen LogP contribution in [0.4, 0.5) is 4.39 Å². The Balaban J connectivity index is 1.61. The maximum atomic E-state index is 14.1. The van der Waals surface area contributed by atoms with Gasteiger partial charge in [-0.2, -0.15) is 0 Å². The van der Waals surface area contributed by atoms with Crippen LogP contribution < -0.4 is 10.1 Å².